The normalized spacial score (nSPS) is 14.6. The van der Waals surface area contributed by atoms with Crippen LogP contribution in [0.4, 0.5) is 17.1 Å². The number of benzene rings is 8. The van der Waals surface area contributed by atoms with Gasteiger partial charge in [-0.15, -0.1) is 0 Å². The Morgan fingerprint density at radius 3 is 1.94 bits per heavy atom. The van der Waals surface area contributed by atoms with Crippen LogP contribution >= 0.6 is 0 Å². The van der Waals surface area contributed by atoms with Gasteiger partial charge in [0.25, 0.3) is 0 Å². The van der Waals surface area contributed by atoms with E-state index in [-0.39, 0.29) is 10.8 Å². The van der Waals surface area contributed by atoms with E-state index in [0.717, 1.165) is 44.6 Å². The van der Waals surface area contributed by atoms with Gasteiger partial charge in [0, 0.05) is 32.9 Å². The molecule has 0 aliphatic heterocycles. The quantitative estimate of drug-likeness (QED) is 0.182. The maximum atomic E-state index is 6.69. The van der Waals surface area contributed by atoms with Crippen molar-refractivity contribution in [3.8, 4) is 33.4 Å². The Balaban J connectivity index is 1.12. The first kappa shape index (κ1) is 31.2. The maximum Gasteiger partial charge on any atom is 0.159 e. The van der Waals surface area contributed by atoms with Crippen molar-refractivity contribution in [3.63, 3.8) is 0 Å². The topological polar surface area (TPSA) is 16.4 Å². The molecule has 0 amide bonds. The Hall–Kier alpha value is -6.38. The van der Waals surface area contributed by atoms with Crippen LogP contribution in [-0.2, 0) is 10.8 Å². The Bertz CT molecular complexity index is 3000. The number of para-hydroxylation sites is 3. The fraction of sp³-hybridized carbons (Fsp3) is 0.115. The minimum Gasteiger partial charge on any atom is -0.454 e. The van der Waals surface area contributed by atoms with Gasteiger partial charge in [-0.2, -0.15) is 0 Å². The summed E-state index contributed by atoms with van der Waals surface area (Å²) >= 11 is 0. The third-order valence-electron chi connectivity index (χ3n) is 12.4. The van der Waals surface area contributed by atoms with Crippen molar-refractivity contribution >= 4 is 49.8 Å². The van der Waals surface area contributed by atoms with Gasteiger partial charge in [-0.1, -0.05) is 149 Å². The summed E-state index contributed by atoms with van der Waals surface area (Å²) in [6, 6.07) is 60.0. The number of hydrogen-bond acceptors (Lipinski definition) is 2. The first-order valence-electron chi connectivity index (χ1n) is 19.0. The molecule has 2 aliphatic rings. The molecule has 2 heteroatoms. The highest BCUT2D eigenvalue weighted by atomic mass is 16.3. The average molecular weight is 694 g/mol. The van der Waals surface area contributed by atoms with Crippen molar-refractivity contribution in [1.29, 1.82) is 0 Å². The van der Waals surface area contributed by atoms with Crippen LogP contribution in [0.5, 0.6) is 0 Å². The van der Waals surface area contributed by atoms with E-state index in [1.165, 1.54) is 60.8 Å². The molecule has 9 aromatic rings. The average Bonchev–Trinajstić information content (AvgIpc) is 3.78. The molecule has 1 heterocycles. The summed E-state index contributed by atoms with van der Waals surface area (Å²) < 4.78 is 6.69. The molecule has 8 aromatic carbocycles. The van der Waals surface area contributed by atoms with E-state index in [2.05, 4.69) is 190 Å². The lowest BCUT2D eigenvalue weighted by Gasteiger charge is -2.29. The molecule has 0 saturated carbocycles. The lowest BCUT2D eigenvalue weighted by molar-refractivity contribution is 0.654. The summed E-state index contributed by atoms with van der Waals surface area (Å²) in [5.41, 5.74) is 18.2. The molecule has 0 N–H and O–H groups in total. The molecule has 0 bridgehead atoms. The van der Waals surface area contributed by atoms with Gasteiger partial charge in [-0.05, 0) is 103 Å². The van der Waals surface area contributed by atoms with E-state index in [4.69, 9.17) is 4.42 Å². The zero-order chi connectivity index (χ0) is 36.3. The highest BCUT2D eigenvalue weighted by Gasteiger charge is 2.42. The fourth-order valence-corrected chi connectivity index (χ4v) is 9.82. The fourth-order valence-electron chi connectivity index (χ4n) is 9.82. The van der Waals surface area contributed by atoms with Crippen LogP contribution in [0, 0.1) is 0 Å². The van der Waals surface area contributed by atoms with E-state index in [0.29, 0.717) is 0 Å². The second-order valence-corrected chi connectivity index (χ2v) is 16.1. The second-order valence-electron chi connectivity index (χ2n) is 16.1. The van der Waals surface area contributed by atoms with Crippen LogP contribution < -0.4 is 4.90 Å². The zero-order valence-electron chi connectivity index (χ0n) is 30.9. The molecule has 1 aromatic heterocycles. The molecule has 0 fully saturated rings. The van der Waals surface area contributed by atoms with Gasteiger partial charge in [0.15, 0.2) is 5.58 Å². The first-order chi connectivity index (χ1) is 26.3. The number of fused-ring (bicyclic) bond motifs is 11. The van der Waals surface area contributed by atoms with Crippen LogP contribution in [0.15, 0.2) is 168 Å². The summed E-state index contributed by atoms with van der Waals surface area (Å²) in [5, 5.41) is 4.76. The number of nitrogens with zero attached hydrogens (tertiary/aromatic N) is 1. The highest BCUT2D eigenvalue weighted by Crippen LogP contribution is 2.57. The standard InChI is InChI=1S/C52H39NO/c1-51(2)43-21-11-8-18-37(43)41-30-45-42(31-44(41)51)39-27-25-33-29-34(26-28-36(33)49(39)52(45,3)4)53(46-22-12-9-17-35(46)32-15-6-5-7-16-32)47-23-14-20-40-38-19-10-13-24-48(38)54-50(40)47/h5-31H,1-4H3. The van der Waals surface area contributed by atoms with Crippen LogP contribution in [0.2, 0.25) is 0 Å². The van der Waals surface area contributed by atoms with Gasteiger partial charge < -0.3 is 9.32 Å². The maximum absolute atomic E-state index is 6.69. The van der Waals surface area contributed by atoms with Crippen LogP contribution in [0.1, 0.15) is 49.9 Å². The molecule has 0 atom stereocenters. The highest BCUT2D eigenvalue weighted by molar-refractivity contribution is 6.11. The van der Waals surface area contributed by atoms with Gasteiger partial charge in [-0.25, -0.2) is 0 Å². The van der Waals surface area contributed by atoms with Crippen molar-refractivity contribution in [2.24, 2.45) is 0 Å². The summed E-state index contributed by atoms with van der Waals surface area (Å²) in [4.78, 5) is 2.39. The van der Waals surface area contributed by atoms with E-state index < -0.39 is 0 Å². The molecule has 2 aliphatic carbocycles. The van der Waals surface area contributed by atoms with Crippen molar-refractivity contribution in [2.45, 2.75) is 38.5 Å². The molecule has 0 radical (unpaired) electrons. The Morgan fingerprint density at radius 2 is 1.09 bits per heavy atom. The predicted molar refractivity (Wildman–Crippen MR) is 226 cm³/mol. The first-order valence-corrected chi connectivity index (χ1v) is 19.0. The number of furan rings is 1. The van der Waals surface area contributed by atoms with Crippen LogP contribution in [0.3, 0.4) is 0 Å². The third kappa shape index (κ3) is 4.23. The lowest BCUT2D eigenvalue weighted by Crippen LogP contribution is -2.17. The van der Waals surface area contributed by atoms with Gasteiger partial charge in [0.1, 0.15) is 5.58 Å². The van der Waals surface area contributed by atoms with E-state index >= 15 is 0 Å². The summed E-state index contributed by atoms with van der Waals surface area (Å²) in [5.74, 6) is 0. The minimum absolute atomic E-state index is 0.0399. The SMILES string of the molecule is CC1(C)c2ccccc2-c2cc3c(cc21)-c1ccc2cc(N(c4ccccc4-c4ccccc4)c4cccc5c4oc4ccccc45)ccc2c1C3(C)C. The molecule has 2 nitrogen and oxygen atoms in total. The molecule has 0 saturated heterocycles. The van der Waals surface area contributed by atoms with Gasteiger partial charge >= 0.3 is 0 Å². The molecular weight excluding hydrogens is 655 g/mol. The Morgan fingerprint density at radius 1 is 0.426 bits per heavy atom. The molecular formula is C52H39NO. The predicted octanol–water partition coefficient (Wildman–Crippen LogP) is 14.5. The molecule has 258 valence electrons. The van der Waals surface area contributed by atoms with Gasteiger partial charge in [0.05, 0.1) is 11.4 Å². The minimum atomic E-state index is -0.165. The number of rotatable bonds is 4. The lowest BCUT2D eigenvalue weighted by atomic mass is 9.78. The number of anilines is 3. The third-order valence-corrected chi connectivity index (χ3v) is 12.4. The molecule has 0 unspecified atom stereocenters. The summed E-state index contributed by atoms with van der Waals surface area (Å²) in [7, 11) is 0. The van der Waals surface area contributed by atoms with E-state index in [9.17, 15) is 0 Å². The van der Waals surface area contributed by atoms with E-state index in [1.54, 1.807) is 0 Å². The van der Waals surface area contributed by atoms with Crippen molar-refractivity contribution in [3.05, 3.63) is 186 Å². The summed E-state index contributed by atoms with van der Waals surface area (Å²) in [6.07, 6.45) is 0. The molecule has 0 spiro atoms. The zero-order valence-corrected chi connectivity index (χ0v) is 30.9. The Labute approximate surface area is 315 Å². The second kappa shape index (κ2) is 11.1. The van der Waals surface area contributed by atoms with Crippen LogP contribution in [-0.4, -0.2) is 0 Å². The molecule has 11 rings (SSSR count). The summed E-state index contributed by atoms with van der Waals surface area (Å²) in [6.45, 7) is 9.57. The molecule has 54 heavy (non-hydrogen) atoms. The van der Waals surface area contributed by atoms with Crippen molar-refractivity contribution in [2.75, 3.05) is 4.90 Å². The smallest absolute Gasteiger partial charge is 0.159 e. The number of hydrogen-bond donors (Lipinski definition) is 0. The van der Waals surface area contributed by atoms with Crippen molar-refractivity contribution in [1.82, 2.24) is 0 Å². The largest absolute Gasteiger partial charge is 0.454 e. The van der Waals surface area contributed by atoms with Crippen LogP contribution in [0.25, 0.3) is 66.1 Å². The van der Waals surface area contributed by atoms with Gasteiger partial charge in [-0.3, -0.25) is 0 Å². The van der Waals surface area contributed by atoms with Crippen molar-refractivity contribution < 1.29 is 4.42 Å². The monoisotopic (exact) mass is 693 g/mol. The van der Waals surface area contributed by atoms with E-state index in [1.807, 2.05) is 6.07 Å². The Kier molecular flexibility index (Phi) is 6.39. The van der Waals surface area contributed by atoms with Gasteiger partial charge in [0.2, 0.25) is 0 Å².